The Hall–Kier alpha value is -3.44. The summed E-state index contributed by atoms with van der Waals surface area (Å²) in [6.45, 7) is -1.45. The van der Waals surface area contributed by atoms with E-state index in [1.54, 1.807) is 13.1 Å². The Labute approximate surface area is 190 Å². The van der Waals surface area contributed by atoms with Crippen LogP contribution in [0.2, 0.25) is 0 Å². The average Bonchev–Trinajstić information content (AvgIpc) is 3.19. The van der Waals surface area contributed by atoms with Crippen molar-refractivity contribution in [3.63, 3.8) is 0 Å². The molecule has 4 rings (SSSR count). The molecule has 3 aromatic rings. The van der Waals surface area contributed by atoms with Crippen molar-refractivity contribution in [1.29, 1.82) is 0 Å². The summed E-state index contributed by atoms with van der Waals surface area (Å²) in [6, 6.07) is 8.17. The molecule has 2 heterocycles. The monoisotopic (exact) mass is 484 g/mol. The molecule has 0 atom stereocenters. The van der Waals surface area contributed by atoms with E-state index in [0.29, 0.717) is 5.69 Å². The number of alkyl halides is 5. The van der Waals surface area contributed by atoms with Gasteiger partial charge in [0.2, 0.25) is 5.92 Å². The molecule has 1 aliphatic carbocycles. The van der Waals surface area contributed by atoms with Crippen LogP contribution in [-0.2, 0) is 7.05 Å². The molecule has 0 radical (unpaired) electrons. The number of halogens is 5. The van der Waals surface area contributed by atoms with Crippen molar-refractivity contribution in [2.24, 2.45) is 7.05 Å². The highest BCUT2D eigenvalue weighted by molar-refractivity contribution is 5.55. The van der Waals surface area contributed by atoms with Gasteiger partial charge in [-0.1, -0.05) is 0 Å². The summed E-state index contributed by atoms with van der Waals surface area (Å²) >= 11 is 0. The Bertz CT molecular complexity index is 1190. The number of aryl methyl sites for hydroxylation is 1. The van der Waals surface area contributed by atoms with Gasteiger partial charge in [-0.3, -0.25) is 9.48 Å². The van der Waals surface area contributed by atoms with Crippen molar-refractivity contribution in [3.8, 4) is 28.8 Å². The number of hydrogen-bond acceptors (Lipinski definition) is 5. The summed E-state index contributed by atoms with van der Waals surface area (Å²) in [5, 5.41) is 4.06. The van der Waals surface area contributed by atoms with Crippen LogP contribution in [0.15, 0.2) is 47.4 Å². The lowest BCUT2D eigenvalue weighted by atomic mass is 9.94. The van der Waals surface area contributed by atoms with Gasteiger partial charge >= 0.3 is 12.2 Å². The minimum atomic E-state index is -4.49. The third-order valence-corrected chi connectivity index (χ3v) is 5.40. The highest BCUT2D eigenvalue weighted by Gasteiger charge is 2.36. The lowest BCUT2D eigenvalue weighted by Crippen LogP contribution is -2.33. The minimum Gasteiger partial charge on any atom is -0.484 e. The van der Waals surface area contributed by atoms with Gasteiger partial charge in [-0.15, -0.1) is 0 Å². The van der Waals surface area contributed by atoms with E-state index in [1.807, 2.05) is 0 Å². The molecule has 0 bridgehead atoms. The molecule has 182 valence electrons. The van der Waals surface area contributed by atoms with Gasteiger partial charge in [-0.25, -0.2) is 13.3 Å². The van der Waals surface area contributed by atoms with Crippen molar-refractivity contribution in [2.45, 2.75) is 43.9 Å². The molecule has 1 aromatic carbocycles. The highest BCUT2D eigenvalue weighted by atomic mass is 19.4. The lowest BCUT2D eigenvalue weighted by Gasteiger charge is -2.29. The average molecular weight is 484 g/mol. The highest BCUT2D eigenvalue weighted by Crippen LogP contribution is 2.35. The summed E-state index contributed by atoms with van der Waals surface area (Å²) in [5.74, 6) is -2.79. The maximum atomic E-state index is 13.6. The summed E-state index contributed by atoms with van der Waals surface area (Å²) in [6.07, 6.45) is -4.03. The fourth-order valence-electron chi connectivity index (χ4n) is 3.67. The smallest absolute Gasteiger partial charge is 0.422 e. The van der Waals surface area contributed by atoms with Gasteiger partial charge in [-0.05, 0) is 43.2 Å². The molecule has 0 spiro atoms. The minimum absolute atomic E-state index is 0.0365. The predicted molar refractivity (Wildman–Crippen MR) is 111 cm³/mol. The molecule has 0 aliphatic heterocycles. The molecule has 2 aromatic heterocycles. The van der Waals surface area contributed by atoms with Gasteiger partial charge in [0.1, 0.15) is 11.9 Å². The Kier molecular flexibility index (Phi) is 6.32. The molecular formula is C22H21F5N4O3. The molecule has 1 saturated carbocycles. The van der Waals surface area contributed by atoms with Crippen molar-refractivity contribution >= 4 is 0 Å². The zero-order valence-electron chi connectivity index (χ0n) is 18.1. The van der Waals surface area contributed by atoms with Crippen LogP contribution in [0.25, 0.3) is 17.1 Å². The number of aromatic nitrogens is 4. The third kappa shape index (κ3) is 5.54. The zero-order chi connectivity index (χ0) is 24.5. The molecule has 34 heavy (non-hydrogen) atoms. The lowest BCUT2D eigenvalue weighted by molar-refractivity contribution is -0.153. The molecule has 0 unspecified atom stereocenters. The summed E-state index contributed by atoms with van der Waals surface area (Å²) in [5.41, 5.74) is 0.568. The first-order valence-electron chi connectivity index (χ1n) is 10.5. The quantitative estimate of drug-likeness (QED) is 0.481. The number of benzene rings is 1. The van der Waals surface area contributed by atoms with Gasteiger partial charge in [0, 0.05) is 32.2 Å². The summed E-state index contributed by atoms with van der Waals surface area (Å²) in [4.78, 5) is 17.5. The van der Waals surface area contributed by atoms with Crippen LogP contribution in [0, 0.1) is 0 Å². The first kappa shape index (κ1) is 23.7. The molecule has 12 heteroatoms. The van der Waals surface area contributed by atoms with Crippen molar-refractivity contribution in [1.82, 2.24) is 19.3 Å². The Balaban J connectivity index is 1.68. The second-order valence-electron chi connectivity index (χ2n) is 8.01. The van der Waals surface area contributed by atoms with Crippen LogP contribution in [0.1, 0.15) is 25.7 Å². The van der Waals surface area contributed by atoms with Gasteiger partial charge < -0.3 is 9.47 Å². The molecule has 1 fully saturated rings. The number of hydrogen-bond donors (Lipinski definition) is 0. The van der Waals surface area contributed by atoms with E-state index in [0.717, 1.165) is 4.57 Å². The van der Waals surface area contributed by atoms with E-state index >= 15 is 0 Å². The molecule has 0 N–H and O–H groups in total. The van der Waals surface area contributed by atoms with Gasteiger partial charge in [0.25, 0.3) is 5.56 Å². The van der Waals surface area contributed by atoms with Crippen LogP contribution >= 0.6 is 0 Å². The fraction of sp³-hybridized carbons (Fsp3) is 0.409. The molecule has 1 aliphatic rings. The van der Waals surface area contributed by atoms with Crippen molar-refractivity contribution < 1.29 is 31.4 Å². The largest absolute Gasteiger partial charge is 0.484 e. The summed E-state index contributed by atoms with van der Waals surface area (Å²) < 4.78 is 77.6. The van der Waals surface area contributed by atoms with Gasteiger partial charge in [0.15, 0.2) is 6.61 Å². The van der Waals surface area contributed by atoms with Crippen LogP contribution in [0.5, 0.6) is 11.8 Å². The van der Waals surface area contributed by atoms with Crippen LogP contribution < -0.4 is 15.0 Å². The zero-order valence-corrected chi connectivity index (χ0v) is 18.1. The van der Waals surface area contributed by atoms with Crippen LogP contribution in [-0.4, -0.2) is 44.1 Å². The molecule has 7 nitrogen and oxygen atoms in total. The molecular weight excluding hydrogens is 463 g/mol. The second-order valence-corrected chi connectivity index (χ2v) is 8.01. The summed E-state index contributed by atoms with van der Waals surface area (Å²) in [7, 11) is 1.67. The SMILES string of the molecule is Cn1nccc1-c1cc(=O)n(-c2ccc(OCC(F)(F)F)cc2)c(OC2CCC(F)(F)CC2)n1. The number of rotatable bonds is 6. The molecule has 0 saturated heterocycles. The van der Waals surface area contributed by atoms with Crippen LogP contribution in [0.4, 0.5) is 22.0 Å². The first-order chi connectivity index (χ1) is 16.0. The van der Waals surface area contributed by atoms with Crippen LogP contribution in [0.3, 0.4) is 0 Å². The first-order valence-corrected chi connectivity index (χ1v) is 10.5. The molecule has 0 amide bonds. The standard InChI is InChI=1S/C22H21F5N4O3/c1-30-18(8-11-28-30)17-12-19(32)31(14-2-4-15(5-3-14)33-13-22(25,26)27)20(29-17)34-16-6-9-21(23,24)10-7-16/h2-5,8,11-12,16H,6-7,9-10,13H2,1H3. The van der Waals surface area contributed by atoms with E-state index in [9.17, 15) is 26.7 Å². The van der Waals surface area contributed by atoms with E-state index < -0.39 is 30.4 Å². The Morgan fingerprint density at radius 3 is 2.38 bits per heavy atom. The number of nitrogens with zero attached hydrogens (tertiary/aromatic N) is 4. The third-order valence-electron chi connectivity index (χ3n) is 5.40. The normalized spacial score (nSPS) is 16.4. The second kappa shape index (κ2) is 9.07. The van der Waals surface area contributed by atoms with Crippen molar-refractivity contribution in [2.75, 3.05) is 6.61 Å². The number of ether oxygens (including phenoxy) is 2. The predicted octanol–water partition coefficient (Wildman–Crippen LogP) is 4.53. The van der Waals surface area contributed by atoms with Crippen molar-refractivity contribution in [3.05, 3.63) is 52.9 Å². The van der Waals surface area contributed by atoms with E-state index in [4.69, 9.17) is 9.47 Å². The van der Waals surface area contributed by atoms with Gasteiger partial charge in [0.05, 0.1) is 17.1 Å². The maximum absolute atomic E-state index is 13.6. The van der Waals surface area contributed by atoms with E-state index in [1.165, 1.54) is 41.2 Å². The van der Waals surface area contributed by atoms with E-state index in [2.05, 4.69) is 10.1 Å². The fourth-order valence-corrected chi connectivity index (χ4v) is 3.67. The topological polar surface area (TPSA) is 71.2 Å². The Morgan fingerprint density at radius 1 is 1.12 bits per heavy atom. The van der Waals surface area contributed by atoms with E-state index in [-0.39, 0.29) is 48.8 Å². The Morgan fingerprint density at radius 2 is 1.79 bits per heavy atom. The maximum Gasteiger partial charge on any atom is 0.422 e. The van der Waals surface area contributed by atoms with Gasteiger partial charge in [-0.2, -0.15) is 23.3 Å².